The van der Waals surface area contributed by atoms with E-state index in [0.29, 0.717) is 10.8 Å². The second kappa shape index (κ2) is 4.19. The third-order valence-corrected chi connectivity index (χ3v) is 2.21. The summed E-state index contributed by atoms with van der Waals surface area (Å²) in [5.74, 6) is -0.0740. The molecule has 1 rings (SSSR count). The Kier molecular flexibility index (Phi) is 3.35. The van der Waals surface area contributed by atoms with Crippen LogP contribution in [0.2, 0.25) is 5.15 Å². The monoisotopic (exact) mass is 226 g/mol. The normalized spacial score (nSPS) is 11.3. The van der Waals surface area contributed by atoms with E-state index < -0.39 is 5.41 Å². The number of hydrogen-bond donors (Lipinski definition) is 1. The highest BCUT2D eigenvalue weighted by Crippen LogP contribution is 2.22. The average Bonchev–Trinajstić information content (AvgIpc) is 2.08. The zero-order valence-corrected chi connectivity index (χ0v) is 10.1. The highest BCUT2D eigenvalue weighted by Gasteiger charge is 2.21. The van der Waals surface area contributed by atoms with Gasteiger partial charge in [-0.1, -0.05) is 32.4 Å². The van der Waals surface area contributed by atoms with Crippen LogP contribution in [0.3, 0.4) is 0 Å². The summed E-state index contributed by atoms with van der Waals surface area (Å²) >= 11 is 5.90. The Bertz CT molecular complexity index is 383. The molecule has 0 aliphatic heterocycles. The molecule has 0 unspecified atom stereocenters. The van der Waals surface area contributed by atoms with E-state index in [-0.39, 0.29) is 5.91 Å². The summed E-state index contributed by atoms with van der Waals surface area (Å²) in [4.78, 5) is 15.7. The molecule has 0 atom stereocenters. The van der Waals surface area contributed by atoms with E-state index >= 15 is 0 Å². The Morgan fingerprint density at radius 3 is 2.47 bits per heavy atom. The number of halogens is 1. The standard InChI is InChI=1S/C11H15ClN2O/c1-7-5-6-8(9(12)13-7)14-10(15)11(2,3)4/h5-6H,1-4H3,(H,14,15). The fourth-order valence-corrected chi connectivity index (χ4v) is 1.17. The molecular weight excluding hydrogens is 212 g/mol. The van der Waals surface area contributed by atoms with E-state index in [9.17, 15) is 4.79 Å². The van der Waals surface area contributed by atoms with Crippen molar-refractivity contribution >= 4 is 23.2 Å². The van der Waals surface area contributed by atoms with E-state index in [1.54, 1.807) is 6.07 Å². The van der Waals surface area contributed by atoms with Gasteiger partial charge in [-0.15, -0.1) is 0 Å². The van der Waals surface area contributed by atoms with Crippen LogP contribution < -0.4 is 5.32 Å². The number of nitrogens with one attached hydrogen (secondary N) is 1. The van der Waals surface area contributed by atoms with Gasteiger partial charge in [0, 0.05) is 11.1 Å². The Balaban J connectivity index is 2.87. The van der Waals surface area contributed by atoms with Crippen LogP contribution in [0.5, 0.6) is 0 Å². The molecule has 1 heterocycles. The quantitative estimate of drug-likeness (QED) is 0.748. The number of rotatable bonds is 1. The van der Waals surface area contributed by atoms with Gasteiger partial charge in [-0.3, -0.25) is 4.79 Å². The van der Waals surface area contributed by atoms with Crippen LogP contribution in [0, 0.1) is 12.3 Å². The lowest BCUT2D eigenvalue weighted by Crippen LogP contribution is -2.27. The van der Waals surface area contributed by atoms with Crippen molar-refractivity contribution in [1.82, 2.24) is 4.98 Å². The molecule has 0 saturated heterocycles. The molecule has 15 heavy (non-hydrogen) atoms. The van der Waals surface area contributed by atoms with Gasteiger partial charge in [0.25, 0.3) is 0 Å². The average molecular weight is 227 g/mol. The molecule has 1 N–H and O–H groups in total. The topological polar surface area (TPSA) is 42.0 Å². The molecule has 3 nitrogen and oxygen atoms in total. The third kappa shape index (κ3) is 3.20. The Labute approximate surface area is 94.9 Å². The number of carbonyl (C=O) groups is 1. The molecule has 0 bridgehead atoms. The number of amides is 1. The number of carbonyl (C=O) groups excluding carboxylic acids is 1. The highest BCUT2D eigenvalue weighted by molar-refractivity contribution is 6.32. The Hall–Kier alpha value is -1.09. The van der Waals surface area contributed by atoms with Crippen LogP contribution in [-0.2, 0) is 4.79 Å². The molecule has 4 heteroatoms. The highest BCUT2D eigenvalue weighted by atomic mass is 35.5. The predicted molar refractivity (Wildman–Crippen MR) is 62.1 cm³/mol. The van der Waals surface area contributed by atoms with E-state index in [1.807, 2.05) is 33.8 Å². The first-order valence-electron chi connectivity index (χ1n) is 4.75. The number of aromatic nitrogens is 1. The Morgan fingerprint density at radius 1 is 1.40 bits per heavy atom. The van der Waals surface area contributed by atoms with Crippen molar-refractivity contribution in [2.45, 2.75) is 27.7 Å². The zero-order valence-electron chi connectivity index (χ0n) is 9.39. The van der Waals surface area contributed by atoms with Gasteiger partial charge in [-0.25, -0.2) is 4.98 Å². The first-order valence-corrected chi connectivity index (χ1v) is 5.13. The first-order chi connectivity index (χ1) is 6.80. The maximum Gasteiger partial charge on any atom is 0.229 e. The lowest BCUT2D eigenvalue weighted by molar-refractivity contribution is -0.123. The van der Waals surface area contributed by atoms with E-state index in [0.717, 1.165) is 5.69 Å². The zero-order chi connectivity index (χ0) is 11.6. The van der Waals surface area contributed by atoms with Crippen molar-refractivity contribution in [3.63, 3.8) is 0 Å². The summed E-state index contributed by atoms with van der Waals surface area (Å²) < 4.78 is 0. The fraction of sp³-hybridized carbons (Fsp3) is 0.455. The summed E-state index contributed by atoms with van der Waals surface area (Å²) in [7, 11) is 0. The van der Waals surface area contributed by atoms with Gasteiger partial charge in [-0.2, -0.15) is 0 Å². The molecule has 0 saturated carbocycles. The van der Waals surface area contributed by atoms with E-state index in [2.05, 4.69) is 10.3 Å². The van der Waals surface area contributed by atoms with Gasteiger partial charge < -0.3 is 5.32 Å². The van der Waals surface area contributed by atoms with Crippen molar-refractivity contribution in [3.05, 3.63) is 23.0 Å². The second-order valence-electron chi connectivity index (χ2n) is 4.50. The van der Waals surface area contributed by atoms with Crippen LogP contribution >= 0.6 is 11.6 Å². The summed E-state index contributed by atoms with van der Waals surface area (Å²) in [6.07, 6.45) is 0. The maximum absolute atomic E-state index is 11.7. The molecule has 0 spiro atoms. The minimum atomic E-state index is -0.436. The summed E-state index contributed by atoms with van der Waals surface area (Å²) in [5, 5.41) is 3.07. The second-order valence-corrected chi connectivity index (χ2v) is 4.85. The lowest BCUT2D eigenvalue weighted by atomic mass is 9.95. The molecule has 0 fully saturated rings. The van der Waals surface area contributed by atoms with Crippen molar-refractivity contribution in [2.24, 2.45) is 5.41 Å². The summed E-state index contributed by atoms with van der Waals surface area (Å²) in [5.41, 5.74) is 0.949. The van der Waals surface area contributed by atoms with Crippen molar-refractivity contribution in [1.29, 1.82) is 0 Å². The van der Waals surface area contributed by atoms with E-state index in [4.69, 9.17) is 11.6 Å². The molecule has 1 amide bonds. The van der Waals surface area contributed by atoms with Gasteiger partial charge in [0.1, 0.15) is 0 Å². The smallest absolute Gasteiger partial charge is 0.229 e. The van der Waals surface area contributed by atoms with Crippen molar-refractivity contribution in [3.8, 4) is 0 Å². The number of nitrogens with zero attached hydrogens (tertiary/aromatic N) is 1. The van der Waals surface area contributed by atoms with Crippen LogP contribution in [-0.4, -0.2) is 10.9 Å². The van der Waals surface area contributed by atoms with Crippen LogP contribution in [0.15, 0.2) is 12.1 Å². The number of anilines is 1. The maximum atomic E-state index is 11.7. The van der Waals surface area contributed by atoms with E-state index in [1.165, 1.54) is 0 Å². The molecule has 0 aliphatic rings. The van der Waals surface area contributed by atoms with Gasteiger partial charge in [0.15, 0.2) is 5.15 Å². The summed E-state index contributed by atoms with van der Waals surface area (Å²) in [6, 6.07) is 3.57. The SMILES string of the molecule is Cc1ccc(NC(=O)C(C)(C)C)c(Cl)n1. The largest absolute Gasteiger partial charge is 0.323 e. The molecule has 0 aromatic carbocycles. The van der Waals surface area contributed by atoms with Gasteiger partial charge in [0.2, 0.25) is 5.91 Å². The molecule has 0 radical (unpaired) electrons. The van der Waals surface area contributed by atoms with Crippen molar-refractivity contribution in [2.75, 3.05) is 5.32 Å². The minimum Gasteiger partial charge on any atom is -0.323 e. The minimum absolute atomic E-state index is 0.0740. The van der Waals surface area contributed by atoms with Crippen LogP contribution in [0.1, 0.15) is 26.5 Å². The molecular formula is C11H15ClN2O. The number of hydrogen-bond acceptors (Lipinski definition) is 2. The number of aryl methyl sites for hydroxylation is 1. The molecule has 1 aromatic heterocycles. The predicted octanol–water partition coefficient (Wildman–Crippen LogP) is 3.03. The summed E-state index contributed by atoms with van der Waals surface area (Å²) in [6.45, 7) is 7.38. The van der Waals surface area contributed by atoms with Gasteiger partial charge in [-0.05, 0) is 19.1 Å². The van der Waals surface area contributed by atoms with Crippen molar-refractivity contribution < 1.29 is 4.79 Å². The van der Waals surface area contributed by atoms with Crippen LogP contribution in [0.4, 0.5) is 5.69 Å². The Morgan fingerprint density at radius 2 is 2.00 bits per heavy atom. The fourth-order valence-electron chi connectivity index (χ4n) is 0.928. The molecule has 0 aliphatic carbocycles. The van der Waals surface area contributed by atoms with Crippen LogP contribution in [0.25, 0.3) is 0 Å². The lowest BCUT2D eigenvalue weighted by Gasteiger charge is -2.18. The van der Waals surface area contributed by atoms with Gasteiger partial charge >= 0.3 is 0 Å². The molecule has 82 valence electrons. The molecule has 1 aromatic rings. The van der Waals surface area contributed by atoms with Gasteiger partial charge in [0.05, 0.1) is 5.69 Å². The third-order valence-electron chi connectivity index (χ3n) is 1.92. The number of pyridine rings is 1. The first kappa shape index (κ1) is 12.0.